The van der Waals surface area contributed by atoms with E-state index in [0.29, 0.717) is 5.75 Å². The van der Waals surface area contributed by atoms with E-state index in [-0.39, 0.29) is 22.9 Å². The Morgan fingerprint density at radius 3 is 2.31 bits per heavy atom. The summed E-state index contributed by atoms with van der Waals surface area (Å²) in [6.45, 7) is 2.01. The Morgan fingerprint density at radius 1 is 0.943 bits per heavy atom. The summed E-state index contributed by atoms with van der Waals surface area (Å²) in [6.07, 6.45) is 2.91. The summed E-state index contributed by atoms with van der Waals surface area (Å²) >= 11 is 1.47. The first-order valence-electron chi connectivity index (χ1n) is 11.5. The monoisotopic (exact) mass is 482 g/mol. The molecule has 3 atom stereocenters. The Hall–Kier alpha value is -3.61. The van der Waals surface area contributed by atoms with E-state index in [1.807, 2.05) is 85.9 Å². The molecule has 176 valence electrons. The average molecular weight is 483 g/mol. The maximum Gasteiger partial charge on any atom is 0.243 e. The van der Waals surface area contributed by atoms with Crippen LogP contribution in [0.25, 0.3) is 11.1 Å². The van der Waals surface area contributed by atoms with E-state index in [1.165, 1.54) is 11.8 Å². The summed E-state index contributed by atoms with van der Waals surface area (Å²) in [5.74, 6) is 0.617. The summed E-state index contributed by atoms with van der Waals surface area (Å²) in [7, 11) is 0. The number of aromatic hydroxyl groups is 1. The van der Waals surface area contributed by atoms with Crippen molar-refractivity contribution in [1.29, 1.82) is 0 Å². The fourth-order valence-electron chi connectivity index (χ4n) is 4.34. The predicted octanol–water partition coefficient (Wildman–Crippen LogP) is 5.69. The van der Waals surface area contributed by atoms with Gasteiger partial charge < -0.3 is 15.1 Å². The molecule has 0 saturated carbocycles. The zero-order chi connectivity index (χ0) is 24.4. The third-order valence-corrected chi connectivity index (χ3v) is 7.64. The second-order valence-electron chi connectivity index (χ2n) is 8.71. The van der Waals surface area contributed by atoms with Crippen molar-refractivity contribution in [2.45, 2.75) is 24.3 Å². The van der Waals surface area contributed by atoms with Crippen LogP contribution in [0.2, 0.25) is 0 Å². The van der Waals surface area contributed by atoms with Gasteiger partial charge in [0.05, 0.1) is 12.1 Å². The number of hydrogen-bond acceptors (Lipinski definition) is 5. The summed E-state index contributed by atoms with van der Waals surface area (Å²) < 4.78 is 0. The Balaban J connectivity index is 1.37. The Kier molecular flexibility index (Phi) is 6.57. The summed E-state index contributed by atoms with van der Waals surface area (Å²) in [5.41, 5.74) is 5.79. The fraction of sp³-hybridized carbons (Fsp3) is 0.172. The van der Waals surface area contributed by atoms with Crippen LogP contribution in [0.3, 0.4) is 0 Å². The third kappa shape index (κ3) is 4.81. The number of hydrogen-bond donors (Lipinski definition) is 2. The second kappa shape index (κ2) is 9.94. The molecule has 1 aliphatic rings. The molecule has 35 heavy (non-hydrogen) atoms. The molecule has 1 aliphatic heterocycles. The maximum atomic E-state index is 13.3. The molecule has 1 saturated heterocycles. The van der Waals surface area contributed by atoms with Gasteiger partial charge in [0.1, 0.15) is 11.0 Å². The summed E-state index contributed by atoms with van der Waals surface area (Å²) in [5, 5.41) is 20.1. The van der Waals surface area contributed by atoms with Gasteiger partial charge in [-0.05, 0) is 59.5 Å². The molecule has 4 aromatic rings. The lowest BCUT2D eigenvalue weighted by molar-refractivity contribution is -0.123. The first kappa shape index (κ1) is 23.1. The highest BCUT2D eigenvalue weighted by molar-refractivity contribution is 8.00. The molecule has 2 N–H and O–H groups in total. The number of pyridine rings is 1. The highest BCUT2D eigenvalue weighted by Crippen LogP contribution is 2.46. The molecular formula is C29H26N2O3S. The lowest BCUT2D eigenvalue weighted by Crippen LogP contribution is -2.57. The van der Waals surface area contributed by atoms with Gasteiger partial charge in [0.15, 0.2) is 0 Å². The number of aromatic nitrogens is 1. The van der Waals surface area contributed by atoms with Crippen LogP contribution in [-0.2, 0) is 4.79 Å². The number of rotatable bonds is 7. The molecule has 1 aromatic heterocycles. The number of amides is 1. The van der Waals surface area contributed by atoms with E-state index in [2.05, 4.69) is 4.98 Å². The van der Waals surface area contributed by atoms with Crippen LogP contribution < -0.4 is 4.90 Å². The van der Waals surface area contributed by atoms with Gasteiger partial charge in [-0.2, -0.15) is 0 Å². The van der Waals surface area contributed by atoms with Crippen molar-refractivity contribution in [3.8, 4) is 16.9 Å². The minimum absolute atomic E-state index is 0.0123. The lowest BCUT2D eigenvalue weighted by Gasteiger charge is -2.47. The van der Waals surface area contributed by atoms with E-state index in [0.717, 1.165) is 33.5 Å². The number of carbonyl (C=O) groups excluding carboxylic acids is 1. The number of phenols is 1. The standard InChI is InChI=1S/C29H26N2O3S/c1-19-4-6-21(7-5-19)26(33)18-35-28-27(22-10-14-25(32)15-11-22)31(29(28)34)24-12-8-20(9-13-24)23-3-2-16-30-17-23/h2-17,26-28,32-33H,18H2,1H3/t26-,27-,28-/m1/s1. The average Bonchev–Trinajstić information content (AvgIpc) is 2.89. The largest absolute Gasteiger partial charge is 0.508 e. The molecule has 5 nitrogen and oxygen atoms in total. The summed E-state index contributed by atoms with van der Waals surface area (Å²) in [6, 6.07) is 26.4. The van der Waals surface area contributed by atoms with Crippen molar-refractivity contribution < 1.29 is 15.0 Å². The quantitative estimate of drug-likeness (QED) is 0.331. The highest BCUT2D eigenvalue weighted by Gasteiger charge is 2.49. The number of nitrogens with zero attached hydrogens (tertiary/aromatic N) is 2. The lowest BCUT2D eigenvalue weighted by atomic mass is 9.92. The van der Waals surface area contributed by atoms with Gasteiger partial charge >= 0.3 is 0 Å². The van der Waals surface area contributed by atoms with E-state index in [4.69, 9.17) is 0 Å². The van der Waals surface area contributed by atoms with Crippen molar-refractivity contribution >= 4 is 23.4 Å². The van der Waals surface area contributed by atoms with Crippen LogP contribution >= 0.6 is 11.8 Å². The number of thioether (sulfide) groups is 1. The Morgan fingerprint density at radius 2 is 1.66 bits per heavy atom. The molecule has 3 aromatic carbocycles. The van der Waals surface area contributed by atoms with Crippen LogP contribution in [0.1, 0.15) is 28.8 Å². The van der Waals surface area contributed by atoms with Crippen LogP contribution in [0.15, 0.2) is 97.3 Å². The maximum absolute atomic E-state index is 13.3. The molecule has 1 fully saturated rings. The van der Waals surface area contributed by atoms with Crippen LogP contribution in [0.4, 0.5) is 5.69 Å². The van der Waals surface area contributed by atoms with Crippen molar-refractivity contribution in [3.05, 3.63) is 114 Å². The van der Waals surface area contributed by atoms with Gasteiger partial charge in [0.2, 0.25) is 5.91 Å². The van der Waals surface area contributed by atoms with Crippen LogP contribution in [-0.4, -0.2) is 32.1 Å². The van der Waals surface area contributed by atoms with Gasteiger partial charge in [0.25, 0.3) is 0 Å². The molecule has 5 rings (SSSR count). The normalized spacial score (nSPS) is 18.2. The highest BCUT2D eigenvalue weighted by atomic mass is 32.2. The SMILES string of the molecule is Cc1ccc([C@H](O)CS[C@H]2C(=O)N(c3ccc(-c4cccnc4)cc3)[C@@H]2c2ccc(O)cc2)cc1. The zero-order valence-corrected chi connectivity index (χ0v) is 20.1. The molecule has 0 bridgehead atoms. The van der Waals surface area contributed by atoms with Crippen molar-refractivity contribution in [1.82, 2.24) is 4.98 Å². The Labute approximate surface area is 209 Å². The summed E-state index contributed by atoms with van der Waals surface area (Å²) in [4.78, 5) is 19.3. The van der Waals surface area contributed by atoms with Crippen LogP contribution in [0, 0.1) is 6.92 Å². The molecule has 0 radical (unpaired) electrons. The van der Waals surface area contributed by atoms with Crippen molar-refractivity contribution in [2.75, 3.05) is 10.7 Å². The molecule has 6 heteroatoms. The first-order chi connectivity index (χ1) is 17.0. The number of benzene rings is 3. The first-order valence-corrected chi connectivity index (χ1v) is 12.5. The van der Waals surface area contributed by atoms with Gasteiger partial charge in [0, 0.05) is 23.8 Å². The minimum Gasteiger partial charge on any atom is -0.508 e. The number of aryl methyl sites for hydroxylation is 1. The molecule has 1 amide bonds. The third-order valence-electron chi connectivity index (χ3n) is 6.32. The number of β-lactam (4-membered cyclic amide) rings is 1. The molecule has 0 unspecified atom stereocenters. The van der Waals surface area contributed by atoms with E-state index >= 15 is 0 Å². The molecule has 0 spiro atoms. The zero-order valence-electron chi connectivity index (χ0n) is 19.3. The van der Waals surface area contributed by atoms with E-state index < -0.39 is 6.10 Å². The van der Waals surface area contributed by atoms with E-state index in [9.17, 15) is 15.0 Å². The number of carbonyl (C=O) groups is 1. The molecular weight excluding hydrogens is 456 g/mol. The minimum atomic E-state index is -0.651. The molecule has 2 heterocycles. The van der Waals surface area contributed by atoms with E-state index in [1.54, 1.807) is 23.2 Å². The number of aliphatic hydroxyl groups excluding tert-OH is 1. The van der Waals surface area contributed by atoms with Crippen LogP contribution in [0.5, 0.6) is 5.75 Å². The number of phenolic OH excluding ortho intramolecular Hbond substituents is 1. The smallest absolute Gasteiger partial charge is 0.243 e. The van der Waals surface area contributed by atoms with Gasteiger partial charge in [-0.1, -0.05) is 60.2 Å². The number of anilines is 1. The van der Waals surface area contributed by atoms with Crippen molar-refractivity contribution in [3.63, 3.8) is 0 Å². The van der Waals surface area contributed by atoms with Crippen molar-refractivity contribution in [2.24, 2.45) is 0 Å². The predicted molar refractivity (Wildman–Crippen MR) is 140 cm³/mol. The number of aliphatic hydroxyl groups is 1. The second-order valence-corrected chi connectivity index (χ2v) is 9.89. The topological polar surface area (TPSA) is 73.7 Å². The van der Waals surface area contributed by atoms with Gasteiger partial charge in [-0.15, -0.1) is 11.8 Å². The fourth-order valence-corrected chi connectivity index (χ4v) is 5.64. The Bertz CT molecular complexity index is 1290. The van der Waals surface area contributed by atoms with Gasteiger partial charge in [-0.3, -0.25) is 9.78 Å². The van der Waals surface area contributed by atoms with Gasteiger partial charge in [-0.25, -0.2) is 0 Å². The molecule has 0 aliphatic carbocycles.